The number of halogens is 2. The van der Waals surface area contributed by atoms with E-state index in [9.17, 15) is 10.1 Å². The zero-order valence-electron chi connectivity index (χ0n) is 6.58. The lowest BCUT2D eigenvalue weighted by atomic mass is 10.3. The van der Waals surface area contributed by atoms with Crippen LogP contribution in [0.3, 0.4) is 0 Å². The van der Waals surface area contributed by atoms with Crippen LogP contribution in [-0.4, -0.2) is 12.0 Å². The van der Waals surface area contributed by atoms with Gasteiger partial charge in [0.1, 0.15) is 5.02 Å². The molecule has 0 radical (unpaired) electrons. The molecule has 0 aliphatic rings. The average molecular weight is 222 g/mol. The van der Waals surface area contributed by atoms with Crippen LogP contribution in [0.4, 0.5) is 5.69 Å². The van der Waals surface area contributed by atoms with E-state index in [0.717, 1.165) is 0 Å². The van der Waals surface area contributed by atoms with Gasteiger partial charge < -0.3 is 4.74 Å². The van der Waals surface area contributed by atoms with Crippen LogP contribution in [0.15, 0.2) is 12.1 Å². The summed E-state index contributed by atoms with van der Waals surface area (Å²) in [4.78, 5) is 9.90. The van der Waals surface area contributed by atoms with Gasteiger partial charge in [0.25, 0.3) is 0 Å². The third-order valence-electron chi connectivity index (χ3n) is 1.42. The van der Waals surface area contributed by atoms with Crippen molar-refractivity contribution in [3.63, 3.8) is 0 Å². The number of ether oxygens (including phenoxy) is 1. The fourth-order valence-electron chi connectivity index (χ4n) is 0.887. The summed E-state index contributed by atoms with van der Waals surface area (Å²) in [5.74, 6) is -0.0147. The second kappa shape index (κ2) is 3.81. The number of nitro groups is 1. The van der Waals surface area contributed by atoms with E-state index in [1.807, 2.05) is 0 Å². The van der Waals surface area contributed by atoms with Crippen molar-refractivity contribution in [2.24, 2.45) is 0 Å². The van der Waals surface area contributed by atoms with Gasteiger partial charge in [-0.05, 0) is 12.1 Å². The highest BCUT2D eigenvalue weighted by Crippen LogP contribution is 2.39. The molecule has 0 saturated carbocycles. The fourth-order valence-corrected chi connectivity index (χ4v) is 1.33. The molecule has 6 heteroatoms. The van der Waals surface area contributed by atoms with E-state index in [1.165, 1.54) is 19.2 Å². The maximum atomic E-state index is 10.5. The number of nitrogens with zero attached hydrogens (tertiary/aromatic N) is 1. The molecule has 0 heterocycles. The number of hydrogen-bond acceptors (Lipinski definition) is 3. The Morgan fingerprint density at radius 3 is 2.31 bits per heavy atom. The third kappa shape index (κ3) is 1.84. The summed E-state index contributed by atoms with van der Waals surface area (Å²) in [6, 6.07) is 2.79. The van der Waals surface area contributed by atoms with Crippen molar-refractivity contribution in [2.45, 2.75) is 0 Å². The van der Waals surface area contributed by atoms with Crippen LogP contribution in [0.2, 0.25) is 10.0 Å². The van der Waals surface area contributed by atoms with Crippen LogP contribution in [0.1, 0.15) is 0 Å². The molecule has 1 aromatic carbocycles. The van der Waals surface area contributed by atoms with E-state index in [0.29, 0.717) is 0 Å². The second-order valence-electron chi connectivity index (χ2n) is 2.17. The minimum atomic E-state index is -0.632. The summed E-state index contributed by atoms with van der Waals surface area (Å²) in [5.41, 5.74) is -0.309. The molecule has 0 aliphatic carbocycles. The summed E-state index contributed by atoms with van der Waals surface area (Å²) in [6.07, 6.45) is 0. The zero-order chi connectivity index (χ0) is 10.0. The molecule has 0 bridgehead atoms. The van der Waals surface area contributed by atoms with Crippen molar-refractivity contribution >= 4 is 28.9 Å². The van der Waals surface area contributed by atoms with Crippen LogP contribution in [0.25, 0.3) is 0 Å². The standard InChI is InChI=1S/C7H5Cl2NO3/c1-13-7-5(9)3-2-4(8)6(7)10(11)12/h2-3H,1H3. The first kappa shape index (κ1) is 10.1. The Labute approximate surface area is 84.2 Å². The van der Waals surface area contributed by atoms with Crippen molar-refractivity contribution in [1.29, 1.82) is 0 Å². The first-order chi connectivity index (χ1) is 6.07. The third-order valence-corrected chi connectivity index (χ3v) is 2.02. The Kier molecular flexibility index (Phi) is 2.95. The Balaban J connectivity index is 3.43. The Morgan fingerprint density at radius 2 is 1.92 bits per heavy atom. The molecule has 0 N–H and O–H groups in total. The molecular formula is C7H5Cl2NO3. The molecule has 70 valence electrons. The van der Waals surface area contributed by atoms with Gasteiger partial charge in [0, 0.05) is 0 Å². The van der Waals surface area contributed by atoms with Crippen molar-refractivity contribution < 1.29 is 9.66 Å². The first-order valence-corrected chi connectivity index (χ1v) is 4.00. The summed E-state index contributed by atoms with van der Waals surface area (Å²) in [6.45, 7) is 0. The van der Waals surface area contributed by atoms with Gasteiger partial charge in [-0.1, -0.05) is 23.2 Å². The maximum Gasteiger partial charge on any atom is 0.330 e. The Bertz CT molecular complexity index is 354. The predicted molar refractivity (Wildman–Crippen MR) is 49.7 cm³/mol. The number of rotatable bonds is 2. The molecule has 4 nitrogen and oxygen atoms in total. The molecule has 0 spiro atoms. The minimum absolute atomic E-state index is 0.00579. The van der Waals surface area contributed by atoms with E-state index in [-0.39, 0.29) is 21.5 Å². The van der Waals surface area contributed by atoms with Crippen molar-refractivity contribution in [3.05, 3.63) is 32.3 Å². The van der Waals surface area contributed by atoms with Gasteiger partial charge in [0.05, 0.1) is 17.1 Å². The molecule has 0 atom stereocenters. The van der Waals surface area contributed by atoms with E-state index in [2.05, 4.69) is 0 Å². The molecule has 0 saturated heterocycles. The molecular weight excluding hydrogens is 217 g/mol. The van der Waals surface area contributed by atoms with Crippen LogP contribution >= 0.6 is 23.2 Å². The topological polar surface area (TPSA) is 52.4 Å². The number of nitro benzene ring substituents is 1. The lowest BCUT2D eigenvalue weighted by Crippen LogP contribution is -1.95. The van der Waals surface area contributed by atoms with Crippen LogP contribution in [-0.2, 0) is 0 Å². The first-order valence-electron chi connectivity index (χ1n) is 3.24. The highest BCUT2D eigenvalue weighted by Gasteiger charge is 2.22. The molecule has 0 unspecified atom stereocenters. The molecule has 0 fully saturated rings. The van der Waals surface area contributed by atoms with E-state index < -0.39 is 4.92 Å². The minimum Gasteiger partial charge on any atom is -0.489 e. The predicted octanol–water partition coefficient (Wildman–Crippen LogP) is 2.91. The molecule has 13 heavy (non-hydrogen) atoms. The quantitative estimate of drug-likeness (QED) is 0.570. The average Bonchev–Trinajstić information content (AvgIpc) is 2.07. The SMILES string of the molecule is COc1c(Cl)ccc(Cl)c1[N+](=O)[O-]. The van der Waals surface area contributed by atoms with E-state index >= 15 is 0 Å². The summed E-state index contributed by atoms with van der Waals surface area (Å²) in [7, 11) is 1.30. The Hall–Kier alpha value is -1.00. The van der Waals surface area contributed by atoms with Gasteiger partial charge in [-0.2, -0.15) is 0 Å². The molecule has 0 amide bonds. The zero-order valence-corrected chi connectivity index (χ0v) is 8.09. The highest BCUT2D eigenvalue weighted by molar-refractivity contribution is 6.36. The second-order valence-corrected chi connectivity index (χ2v) is 2.98. The monoisotopic (exact) mass is 221 g/mol. The van der Waals surface area contributed by atoms with Gasteiger partial charge >= 0.3 is 5.69 Å². The number of methoxy groups -OCH3 is 1. The van der Waals surface area contributed by atoms with Crippen molar-refractivity contribution in [1.82, 2.24) is 0 Å². The largest absolute Gasteiger partial charge is 0.489 e. The maximum absolute atomic E-state index is 10.5. The Morgan fingerprint density at radius 1 is 1.38 bits per heavy atom. The van der Waals surface area contributed by atoms with Crippen molar-refractivity contribution in [3.8, 4) is 5.75 Å². The molecule has 0 aliphatic heterocycles. The van der Waals surface area contributed by atoms with Gasteiger partial charge in [0.2, 0.25) is 5.75 Å². The van der Waals surface area contributed by atoms with Gasteiger partial charge in [0.15, 0.2) is 0 Å². The number of benzene rings is 1. The number of hydrogen-bond donors (Lipinski definition) is 0. The van der Waals surface area contributed by atoms with Gasteiger partial charge in [-0.15, -0.1) is 0 Å². The summed E-state index contributed by atoms with van der Waals surface area (Å²) in [5, 5.41) is 10.7. The van der Waals surface area contributed by atoms with E-state index in [1.54, 1.807) is 0 Å². The van der Waals surface area contributed by atoms with Crippen molar-refractivity contribution in [2.75, 3.05) is 7.11 Å². The molecule has 0 aromatic heterocycles. The summed E-state index contributed by atoms with van der Waals surface area (Å²) >= 11 is 11.3. The fraction of sp³-hybridized carbons (Fsp3) is 0.143. The normalized spacial score (nSPS) is 9.77. The lowest BCUT2D eigenvalue weighted by Gasteiger charge is -2.04. The summed E-state index contributed by atoms with van der Waals surface area (Å²) < 4.78 is 4.76. The highest BCUT2D eigenvalue weighted by atomic mass is 35.5. The smallest absolute Gasteiger partial charge is 0.330 e. The van der Waals surface area contributed by atoms with Crippen LogP contribution < -0.4 is 4.74 Å². The van der Waals surface area contributed by atoms with E-state index in [4.69, 9.17) is 27.9 Å². The van der Waals surface area contributed by atoms with Crippen LogP contribution in [0, 0.1) is 10.1 Å². The lowest BCUT2D eigenvalue weighted by molar-refractivity contribution is -0.385. The molecule has 1 aromatic rings. The molecule has 1 rings (SSSR count). The van der Waals surface area contributed by atoms with Gasteiger partial charge in [-0.3, -0.25) is 10.1 Å². The van der Waals surface area contributed by atoms with Crippen LogP contribution in [0.5, 0.6) is 5.75 Å². The van der Waals surface area contributed by atoms with Gasteiger partial charge in [-0.25, -0.2) is 0 Å².